The van der Waals surface area contributed by atoms with Crippen molar-refractivity contribution >= 4 is 34.4 Å². The summed E-state index contributed by atoms with van der Waals surface area (Å²) >= 11 is 6.13. The summed E-state index contributed by atoms with van der Waals surface area (Å²) in [5.74, 6) is -0.707. The number of benzene rings is 2. The van der Waals surface area contributed by atoms with Crippen molar-refractivity contribution in [1.29, 1.82) is 0 Å². The van der Waals surface area contributed by atoms with Crippen molar-refractivity contribution in [2.45, 2.75) is 26.3 Å². The van der Waals surface area contributed by atoms with Crippen molar-refractivity contribution in [1.82, 2.24) is 9.80 Å². The second-order valence-corrected chi connectivity index (χ2v) is 8.65. The second-order valence-electron chi connectivity index (χ2n) is 8.21. The summed E-state index contributed by atoms with van der Waals surface area (Å²) in [6.07, 6.45) is 0.748. The van der Waals surface area contributed by atoms with Gasteiger partial charge in [-0.05, 0) is 62.0 Å². The van der Waals surface area contributed by atoms with E-state index in [1.165, 1.54) is 7.11 Å². The number of ether oxygens (including phenoxy) is 1. The lowest BCUT2D eigenvalue weighted by atomic mass is 9.97. The van der Waals surface area contributed by atoms with E-state index in [0.717, 1.165) is 31.6 Å². The fraction of sp³-hybridized carbons (Fsp3) is 0.346. The summed E-state index contributed by atoms with van der Waals surface area (Å²) in [6.45, 7) is 7.35. The highest BCUT2D eigenvalue weighted by molar-refractivity contribution is 6.31. The van der Waals surface area contributed by atoms with Gasteiger partial charge < -0.3 is 19.0 Å². The molecule has 0 unspecified atom stereocenters. The highest BCUT2D eigenvalue weighted by Gasteiger charge is 2.42. The first-order valence-electron chi connectivity index (χ1n) is 11.4. The van der Waals surface area contributed by atoms with E-state index in [0.29, 0.717) is 33.7 Å². The van der Waals surface area contributed by atoms with Crippen molar-refractivity contribution in [3.63, 3.8) is 0 Å². The number of rotatable bonds is 8. The third-order valence-corrected chi connectivity index (χ3v) is 6.58. The molecule has 7 nitrogen and oxygen atoms in total. The Labute approximate surface area is 202 Å². The van der Waals surface area contributed by atoms with E-state index in [2.05, 4.69) is 18.7 Å². The molecule has 0 N–H and O–H groups in total. The van der Waals surface area contributed by atoms with Crippen LogP contribution in [0.3, 0.4) is 0 Å². The summed E-state index contributed by atoms with van der Waals surface area (Å²) < 4.78 is 10.7. The molecule has 0 fully saturated rings. The van der Waals surface area contributed by atoms with Gasteiger partial charge in [0.05, 0.1) is 29.7 Å². The van der Waals surface area contributed by atoms with Crippen molar-refractivity contribution < 1.29 is 18.7 Å². The molecule has 0 saturated carbocycles. The Bertz CT molecular complexity index is 1280. The molecule has 4 rings (SSSR count). The Morgan fingerprint density at radius 1 is 1.12 bits per heavy atom. The SMILES string of the molecule is CCN(CC)CCCN1C(=O)c2oc3ccc(Cl)cc3c(=O)c2[C@@H]1c1ccc(C(=O)OC)cc1. The number of hydrogen-bond donors (Lipinski definition) is 0. The molecule has 3 aromatic rings. The highest BCUT2D eigenvalue weighted by Crippen LogP contribution is 2.38. The lowest BCUT2D eigenvalue weighted by molar-refractivity contribution is 0.0599. The van der Waals surface area contributed by atoms with Crippen molar-refractivity contribution in [2.24, 2.45) is 0 Å². The monoisotopic (exact) mass is 482 g/mol. The van der Waals surface area contributed by atoms with E-state index < -0.39 is 12.0 Å². The minimum absolute atomic E-state index is 0.0599. The highest BCUT2D eigenvalue weighted by atomic mass is 35.5. The van der Waals surface area contributed by atoms with Gasteiger partial charge >= 0.3 is 5.97 Å². The fourth-order valence-corrected chi connectivity index (χ4v) is 4.67. The predicted molar refractivity (Wildman–Crippen MR) is 131 cm³/mol. The van der Waals surface area contributed by atoms with Gasteiger partial charge in [-0.2, -0.15) is 0 Å². The van der Waals surface area contributed by atoms with E-state index in [-0.39, 0.29) is 17.1 Å². The predicted octanol–water partition coefficient (Wildman–Crippen LogP) is 4.51. The molecule has 1 aliphatic rings. The normalized spacial score (nSPS) is 15.3. The van der Waals surface area contributed by atoms with Crippen LogP contribution >= 0.6 is 11.6 Å². The first-order valence-corrected chi connectivity index (χ1v) is 11.7. The van der Waals surface area contributed by atoms with Crippen molar-refractivity contribution in [2.75, 3.05) is 33.3 Å². The molecule has 1 amide bonds. The Morgan fingerprint density at radius 3 is 2.47 bits per heavy atom. The average molecular weight is 483 g/mol. The third kappa shape index (κ3) is 4.33. The largest absolute Gasteiger partial charge is 0.465 e. The molecule has 8 heteroatoms. The average Bonchev–Trinajstić information content (AvgIpc) is 3.13. The van der Waals surface area contributed by atoms with Gasteiger partial charge in [0.15, 0.2) is 5.43 Å². The zero-order valence-electron chi connectivity index (χ0n) is 19.5. The van der Waals surface area contributed by atoms with Crippen LogP contribution < -0.4 is 5.43 Å². The zero-order chi connectivity index (χ0) is 24.4. The number of methoxy groups -OCH3 is 1. The first-order chi connectivity index (χ1) is 16.4. The minimum Gasteiger partial charge on any atom is -0.465 e. The smallest absolute Gasteiger partial charge is 0.337 e. The summed E-state index contributed by atoms with van der Waals surface area (Å²) in [4.78, 5) is 42.9. The lowest BCUT2D eigenvalue weighted by Crippen LogP contribution is -2.33. The maximum Gasteiger partial charge on any atom is 0.337 e. The number of nitrogens with zero attached hydrogens (tertiary/aromatic N) is 2. The Balaban J connectivity index is 1.79. The molecule has 1 atom stereocenters. The number of carbonyl (C=O) groups is 2. The fourth-order valence-electron chi connectivity index (χ4n) is 4.49. The first kappa shape index (κ1) is 24.0. The van der Waals surface area contributed by atoms with Gasteiger partial charge in [-0.3, -0.25) is 9.59 Å². The summed E-state index contributed by atoms with van der Waals surface area (Å²) in [5.41, 5.74) is 1.46. The molecule has 0 bridgehead atoms. The van der Waals surface area contributed by atoms with E-state index in [4.69, 9.17) is 20.8 Å². The van der Waals surface area contributed by atoms with Gasteiger partial charge in [-0.15, -0.1) is 0 Å². The van der Waals surface area contributed by atoms with Crippen LogP contribution in [0.4, 0.5) is 0 Å². The maximum atomic E-state index is 13.6. The number of halogens is 1. The van der Waals surface area contributed by atoms with Crippen LogP contribution in [0.1, 0.15) is 58.3 Å². The van der Waals surface area contributed by atoms with Crippen molar-refractivity contribution in [3.05, 3.63) is 80.2 Å². The number of carbonyl (C=O) groups excluding carboxylic acids is 2. The molecule has 34 heavy (non-hydrogen) atoms. The summed E-state index contributed by atoms with van der Waals surface area (Å²) in [6, 6.07) is 10.9. The molecule has 2 heterocycles. The van der Waals surface area contributed by atoms with Gasteiger partial charge in [-0.1, -0.05) is 37.6 Å². The van der Waals surface area contributed by atoms with Crippen LogP contribution in [0.15, 0.2) is 51.7 Å². The minimum atomic E-state index is -0.620. The van der Waals surface area contributed by atoms with Gasteiger partial charge in [0.1, 0.15) is 5.58 Å². The van der Waals surface area contributed by atoms with Crippen molar-refractivity contribution in [3.8, 4) is 0 Å². The molecular weight excluding hydrogens is 456 g/mol. The standard InChI is InChI=1S/C26H27ClN2O5/c1-4-28(5-2)13-6-14-29-22(16-7-9-17(10-8-16)26(32)33-3)21-23(30)19-15-18(27)11-12-20(19)34-24(21)25(29)31/h7-12,15,22H,4-6,13-14H2,1-3H3/t22-/m0/s1. The lowest BCUT2D eigenvalue weighted by Gasteiger charge is -2.26. The topological polar surface area (TPSA) is 80.1 Å². The molecule has 1 aliphatic heterocycles. The number of esters is 1. The van der Waals surface area contributed by atoms with E-state index in [1.54, 1.807) is 47.4 Å². The van der Waals surface area contributed by atoms with Gasteiger partial charge in [0, 0.05) is 11.6 Å². The second kappa shape index (κ2) is 9.99. The maximum absolute atomic E-state index is 13.6. The van der Waals surface area contributed by atoms with Gasteiger partial charge in [0.2, 0.25) is 5.76 Å². The molecule has 1 aromatic heterocycles. The van der Waals surface area contributed by atoms with Crippen LogP contribution in [0.25, 0.3) is 11.0 Å². The molecule has 0 spiro atoms. The molecule has 0 radical (unpaired) electrons. The Hall–Kier alpha value is -3.16. The summed E-state index contributed by atoms with van der Waals surface area (Å²) in [5, 5.41) is 0.749. The number of hydrogen-bond acceptors (Lipinski definition) is 6. The van der Waals surface area contributed by atoms with Gasteiger partial charge in [-0.25, -0.2) is 4.79 Å². The molecule has 2 aromatic carbocycles. The van der Waals surface area contributed by atoms with Crippen LogP contribution in [0.5, 0.6) is 0 Å². The Kier molecular flexibility index (Phi) is 7.05. The molecule has 0 aliphatic carbocycles. The van der Waals surface area contributed by atoms with Crippen LogP contribution in [0.2, 0.25) is 5.02 Å². The zero-order valence-corrected chi connectivity index (χ0v) is 20.2. The Morgan fingerprint density at radius 2 is 1.82 bits per heavy atom. The number of fused-ring (bicyclic) bond motifs is 2. The molecular formula is C26H27ClN2O5. The molecule has 178 valence electrons. The van der Waals surface area contributed by atoms with E-state index >= 15 is 0 Å². The van der Waals surface area contributed by atoms with Crippen LogP contribution in [-0.2, 0) is 4.74 Å². The van der Waals surface area contributed by atoms with Crippen LogP contribution in [-0.4, -0.2) is 55.0 Å². The quantitative estimate of drug-likeness (QED) is 0.439. The summed E-state index contributed by atoms with van der Waals surface area (Å²) in [7, 11) is 1.32. The third-order valence-electron chi connectivity index (χ3n) is 6.34. The number of amides is 1. The van der Waals surface area contributed by atoms with E-state index in [9.17, 15) is 14.4 Å². The molecule has 0 saturated heterocycles. The van der Waals surface area contributed by atoms with Crippen LogP contribution in [0, 0.1) is 0 Å². The van der Waals surface area contributed by atoms with Gasteiger partial charge in [0.25, 0.3) is 5.91 Å². The van der Waals surface area contributed by atoms with E-state index in [1.807, 2.05) is 0 Å².